The molecule has 0 aromatic heterocycles. The molecule has 1 aromatic rings. The van der Waals surface area contributed by atoms with Crippen molar-refractivity contribution in [1.29, 1.82) is 0 Å². The molecular weight excluding hydrogens is 282 g/mol. The lowest BCUT2D eigenvalue weighted by Gasteiger charge is -2.26. The topological polar surface area (TPSA) is 37.4 Å². The van der Waals surface area contributed by atoms with E-state index in [4.69, 9.17) is 0 Å². The lowest BCUT2D eigenvalue weighted by atomic mass is 9.87. The van der Waals surface area contributed by atoms with Crippen molar-refractivity contribution in [3.63, 3.8) is 0 Å². The largest absolute Gasteiger partial charge is 0.300 e. The fourth-order valence-corrected chi connectivity index (χ4v) is 5.07. The molecule has 21 heavy (non-hydrogen) atoms. The van der Waals surface area contributed by atoms with Gasteiger partial charge in [-0.1, -0.05) is 39.0 Å². The standard InChI is InChI=1S/C17H27NO2S/c1-14(18-11-7-8-12-18)13-21(19,20)16-10-6-5-9-15(16)17(2,3)4/h5-6,9-10,14H,7-8,11-13H2,1-4H3. The molecule has 0 radical (unpaired) electrons. The molecule has 0 saturated carbocycles. The van der Waals surface area contributed by atoms with E-state index in [-0.39, 0.29) is 17.2 Å². The van der Waals surface area contributed by atoms with Crippen LogP contribution in [0.15, 0.2) is 29.2 Å². The molecule has 0 spiro atoms. The summed E-state index contributed by atoms with van der Waals surface area (Å²) in [5.41, 5.74) is 0.749. The van der Waals surface area contributed by atoms with Crippen LogP contribution < -0.4 is 0 Å². The fourth-order valence-electron chi connectivity index (χ4n) is 3.05. The van der Waals surface area contributed by atoms with Gasteiger partial charge in [-0.15, -0.1) is 0 Å². The maximum Gasteiger partial charge on any atom is 0.180 e. The van der Waals surface area contributed by atoms with Gasteiger partial charge in [0, 0.05) is 6.04 Å². The first kappa shape index (κ1) is 16.5. The Morgan fingerprint density at radius 2 is 1.71 bits per heavy atom. The zero-order valence-electron chi connectivity index (χ0n) is 13.6. The summed E-state index contributed by atoms with van der Waals surface area (Å²) < 4.78 is 25.7. The molecule has 3 nitrogen and oxygen atoms in total. The highest BCUT2D eigenvalue weighted by Gasteiger charge is 2.29. The van der Waals surface area contributed by atoms with Crippen LogP contribution in [-0.2, 0) is 15.3 Å². The van der Waals surface area contributed by atoms with Gasteiger partial charge in [-0.05, 0) is 49.9 Å². The molecule has 1 atom stereocenters. The summed E-state index contributed by atoms with van der Waals surface area (Å²) in [6.45, 7) is 10.3. The van der Waals surface area contributed by atoms with E-state index in [1.807, 2.05) is 25.1 Å². The summed E-state index contributed by atoms with van der Waals surface area (Å²) >= 11 is 0. The maximum atomic E-state index is 12.8. The molecule has 1 aromatic carbocycles. The number of benzene rings is 1. The van der Waals surface area contributed by atoms with E-state index < -0.39 is 9.84 Å². The molecule has 1 heterocycles. The van der Waals surface area contributed by atoms with Crippen LogP contribution in [0.3, 0.4) is 0 Å². The van der Waals surface area contributed by atoms with Crippen LogP contribution >= 0.6 is 0 Å². The van der Waals surface area contributed by atoms with Crippen LogP contribution in [0, 0.1) is 0 Å². The van der Waals surface area contributed by atoms with Crippen molar-refractivity contribution >= 4 is 9.84 Å². The van der Waals surface area contributed by atoms with Gasteiger partial charge in [-0.3, -0.25) is 4.90 Å². The van der Waals surface area contributed by atoms with Crippen LogP contribution in [0.4, 0.5) is 0 Å². The average Bonchev–Trinajstić information content (AvgIpc) is 2.91. The molecule has 1 unspecified atom stereocenters. The first-order valence-electron chi connectivity index (χ1n) is 7.78. The van der Waals surface area contributed by atoms with Gasteiger partial charge >= 0.3 is 0 Å². The minimum atomic E-state index is -3.25. The number of rotatable bonds is 4. The Bertz CT molecular complexity index is 581. The van der Waals surface area contributed by atoms with Crippen molar-refractivity contribution in [2.45, 2.75) is 56.9 Å². The second-order valence-corrected chi connectivity index (χ2v) is 9.12. The minimum Gasteiger partial charge on any atom is -0.300 e. The molecule has 1 aliphatic rings. The quantitative estimate of drug-likeness (QED) is 0.857. The van der Waals surface area contributed by atoms with Gasteiger partial charge in [-0.2, -0.15) is 0 Å². The van der Waals surface area contributed by atoms with Crippen LogP contribution in [0.25, 0.3) is 0 Å². The van der Waals surface area contributed by atoms with E-state index in [1.54, 1.807) is 6.07 Å². The third kappa shape index (κ3) is 3.86. The second-order valence-electron chi connectivity index (χ2n) is 7.12. The van der Waals surface area contributed by atoms with Gasteiger partial charge in [0.2, 0.25) is 0 Å². The van der Waals surface area contributed by atoms with E-state index in [9.17, 15) is 8.42 Å². The van der Waals surface area contributed by atoms with Crippen LogP contribution in [0.2, 0.25) is 0 Å². The molecule has 2 rings (SSSR count). The van der Waals surface area contributed by atoms with Gasteiger partial charge in [0.1, 0.15) is 0 Å². The van der Waals surface area contributed by atoms with E-state index in [1.165, 1.54) is 12.8 Å². The molecule has 1 fully saturated rings. The summed E-state index contributed by atoms with van der Waals surface area (Å²) in [7, 11) is -3.25. The number of likely N-dealkylation sites (tertiary alicyclic amines) is 1. The van der Waals surface area contributed by atoms with Crippen LogP contribution in [0.1, 0.15) is 46.1 Å². The molecule has 0 amide bonds. The van der Waals surface area contributed by atoms with Crippen molar-refractivity contribution in [1.82, 2.24) is 4.90 Å². The zero-order chi connectivity index (χ0) is 15.7. The van der Waals surface area contributed by atoms with E-state index in [0.29, 0.717) is 4.90 Å². The predicted octanol–water partition coefficient (Wildman–Crippen LogP) is 3.24. The Labute approximate surface area is 129 Å². The number of sulfone groups is 1. The van der Waals surface area contributed by atoms with Crippen molar-refractivity contribution in [2.75, 3.05) is 18.8 Å². The maximum absolute atomic E-state index is 12.8. The summed E-state index contributed by atoms with van der Waals surface area (Å²) in [4.78, 5) is 2.79. The Hall–Kier alpha value is -0.870. The van der Waals surface area contributed by atoms with Crippen LogP contribution in [-0.4, -0.2) is 38.2 Å². The Kier molecular flexibility index (Phi) is 4.79. The summed E-state index contributed by atoms with van der Waals surface area (Å²) in [5.74, 6) is 0.208. The highest BCUT2D eigenvalue weighted by atomic mass is 32.2. The van der Waals surface area contributed by atoms with E-state index in [2.05, 4.69) is 25.7 Å². The normalized spacial score (nSPS) is 18.9. The monoisotopic (exact) mass is 309 g/mol. The van der Waals surface area contributed by atoms with Crippen LogP contribution in [0.5, 0.6) is 0 Å². The molecule has 1 saturated heterocycles. The van der Waals surface area contributed by atoms with Gasteiger partial charge in [0.05, 0.1) is 10.6 Å². The third-order valence-electron chi connectivity index (χ3n) is 4.25. The Balaban J connectivity index is 2.27. The van der Waals surface area contributed by atoms with Crippen molar-refractivity contribution in [3.8, 4) is 0 Å². The number of hydrogen-bond acceptors (Lipinski definition) is 3. The summed E-state index contributed by atoms with van der Waals surface area (Å²) in [5, 5.41) is 0. The fraction of sp³-hybridized carbons (Fsp3) is 0.647. The highest BCUT2D eigenvalue weighted by Crippen LogP contribution is 2.30. The smallest absolute Gasteiger partial charge is 0.180 e. The molecule has 0 bridgehead atoms. The molecule has 118 valence electrons. The first-order chi connectivity index (χ1) is 9.72. The Morgan fingerprint density at radius 1 is 1.14 bits per heavy atom. The van der Waals surface area contributed by atoms with Gasteiger partial charge in [-0.25, -0.2) is 8.42 Å². The molecule has 4 heteroatoms. The van der Waals surface area contributed by atoms with Crippen molar-refractivity contribution in [2.24, 2.45) is 0 Å². The molecular formula is C17H27NO2S. The predicted molar refractivity (Wildman–Crippen MR) is 87.5 cm³/mol. The third-order valence-corrected chi connectivity index (χ3v) is 6.20. The van der Waals surface area contributed by atoms with Crippen molar-refractivity contribution < 1.29 is 8.42 Å². The molecule has 1 aliphatic heterocycles. The van der Waals surface area contributed by atoms with Crippen molar-refractivity contribution in [3.05, 3.63) is 29.8 Å². The SMILES string of the molecule is CC(CS(=O)(=O)c1ccccc1C(C)(C)C)N1CCCC1. The first-order valence-corrected chi connectivity index (χ1v) is 9.43. The minimum absolute atomic E-state index is 0.0884. The average molecular weight is 309 g/mol. The highest BCUT2D eigenvalue weighted by molar-refractivity contribution is 7.91. The van der Waals surface area contributed by atoms with Gasteiger partial charge < -0.3 is 0 Å². The number of nitrogens with zero attached hydrogens (tertiary/aromatic N) is 1. The number of hydrogen-bond donors (Lipinski definition) is 0. The van der Waals surface area contributed by atoms with E-state index in [0.717, 1.165) is 18.7 Å². The molecule has 0 N–H and O–H groups in total. The lowest BCUT2D eigenvalue weighted by Crippen LogP contribution is -2.36. The molecule has 0 aliphatic carbocycles. The lowest BCUT2D eigenvalue weighted by molar-refractivity contribution is 0.277. The summed E-state index contributed by atoms with van der Waals surface area (Å²) in [6.07, 6.45) is 2.37. The zero-order valence-corrected chi connectivity index (χ0v) is 14.4. The Morgan fingerprint density at radius 3 is 2.29 bits per heavy atom. The van der Waals surface area contributed by atoms with Gasteiger partial charge in [0.15, 0.2) is 9.84 Å². The second kappa shape index (κ2) is 6.09. The van der Waals surface area contributed by atoms with E-state index >= 15 is 0 Å². The van der Waals surface area contributed by atoms with Gasteiger partial charge in [0.25, 0.3) is 0 Å². The summed E-state index contributed by atoms with van der Waals surface area (Å²) in [6, 6.07) is 7.53.